The number of benzene rings is 1. The molecule has 0 saturated carbocycles. The fourth-order valence-electron chi connectivity index (χ4n) is 3.80. The molecule has 1 aromatic rings. The van der Waals surface area contributed by atoms with Crippen LogP contribution in [0.15, 0.2) is 24.3 Å². The summed E-state index contributed by atoms with van der Waals surface area (Å²) in [6.45, 7) is 4.67. The first-order chi connectivity index (χ1) is 12.7. The molecule has 26 heavy (non-hydrogen) atoms. The predicted molar refractivity (Wildman–Crippen MR) is 109 cm³/mol. The van der Waals surface area contributed by atoms with E-state index in [9.17, 15) is 0 Å². The molecule has 0 bridgehead atoms. The molecule has 144 valence electrons. The third-order valence-electron chi connectivity index (χ3n) is 5.43. The summed E-state index contributed by atoms with van der Waals surface area (Å²) in [6, 6.07) is 8.68. The van der Waals surface area contributed by atoms with Gasteiger partial charge in [-0.1, -0.05) is 18.2 Å². The van der Waals surface area contributed by atoms with Gasteiger partial charge < -0.3 is 24.6 Å². The average molecular weight is 378 g/mol. The molecular weight excluding hydrogens is 346 g/mol. The SMILES string of the molecule is COc1ccccc1CN(C(=S)NCC1CCCO1)C1CCN(C)CC1. The molecule has 1 aromatic carbocycles. The first kappa shape index (κ1) is 19.4. The molecule has 1 unspecified atom stereocenters. The van der Waals surface area contributed by atoms with Gasteiger partial charge in [0, 0.05) is 31.3 Å². The zero-order chi connectivity index (χ0) is 18.4. The lowest BCUT2D eigenvalue weighted by Gasteiger charge is -2.39. The Labute approximate surface area is 162 Å². The van der Waals surface area contributed by atoms with Crippen LogP contribution in [0, 0.1) is 0 Å². The first-order valence-electron chi connectivity index (χ1n) is 9.64. The van der Waals surface area contributed by atoms with Crippen LogP contribution in [-0.4, -0.2) is 67.5 Å². The Balaban J connectivity index is 1.69. The van der Waals surface area contributed by atoms with Crippen molar-refractivity contribution in [2.45, 2.75) is 44.4 Å². The number of nitrogens with one attached hydrogen (secondary N) is 1. The predicted octanol–water partition coefficient (Wildman–Crippen LogP) is 2.64. The first-order valence-corrected chi connectivity index (χ1v) is 10.0. The maximum Gasteiger partial charge on any atom is 0.169 e. The van der Waals surface area contributed by atoms with Crippen molar-refractivity contribution in [3.63, 3.8) is 0 Å². The fourth-order valence-corrected chi connectivity index (χ4v) is 4.10. The van der Waals surface area contributed by atoms with Gasteiger partial charge in [-0.3, -0.25) is 0 Å². The molecule has 6 heteroatoms. The van der Waals surface area contributed by atoms with Gasteiger partial charge in [-0.2, -0.15) is 0 Å². The Morgan fingerprint density at radius 1 is 1.31 bits per heavy atom. The molecule has 0 amide bonds. The van der Waals surface area contributed by atoms with Gasteiger partial charge >= 0.3 is 0 Å². The Bertz CT molecular complexity index is 584. The third kappa shape index (κ3) is 5.09. The number of rotatable bonds is 6. The largest absolute Gasteiger partial charge is 0.496 e. The quantitative estimate of drug-likeness (QED) is 0.768. The number of methoxy groups -OCH3 is 1. The summed E-state index contributed by atoms with van der Waals surface area (Å²) in [7, 11) is 3.92. The van der Waals surface area contributed by atoms with E-state index in [1.165, 1.54) is 5.56 Å². The zero-order valence-corrected chi connectivity index (χ0v) is 16.8. The van der Waals surface area contributed by atoms with Gasteiger partial charge in [-0.05, 0) is 64.1 Å². The van der Waals surface area contributed by atoms with Gasteiger partial charge in [-0.15, -0.1) is 0 Å². The molecule has 5 nitrogen and oxygen atoms in total. The van der Waals surface area contributed by atoms with Crippen LogP contribution in [0.25, 0.3) is 0 Å². The molecular formula is C20H31N3O2S. The van der Waals surface area contributed by atoms with Crippen molar-refractivity contribution in [1.82, 2.24) is 15.1 Å². The summed E-state index contributed by atoms with van der Waals surface area (Å²) in [5, 5.41) is 4.30. The normalized spacial score (nSPS) is 21.5. The third-order valence-corrected chi connectivity index (χ3v) is 5.81. The van der Waals surface area contributed by atoms with Gasteiger partial charge in [0.2, 0.25) is 0 Å². The fraction of sp³-hybridized carbons (Fsp3) is 0.650. The highest BCUT2D eigenvalue weighted by atomic mass is 32.1. The monoisotopic (exact) mass is 377 g/mol. The molecule has 1 N–H and O–H groups in total. The van der Waals surface area contributed by atoms with Crippen molar-refractivity contribution < 1.29 is 9.47 Å². The van der Waals surface area contributed by atoms with E-state index in [4.69, 9.17) is 21.7 Å². The molecule has 2 aliphatic heterocycles. The van der Waals surface area contributed by atoms with E-state index in [2.05, 4.69) is 34.3 Å². The molecule has 1 atom stereocenters. The van der Waals surface area contributed by atoms with Gasteiger partial charge in [0.05, 0.1) is 13.2 Å². The maximum atomic E-state index is 5.80. The van der Waals surface area contributed by atoms with Crippen molar-refractivity contribution >= 4 is 17.3 Å². The molecule has 0 radical (unpaired) electrons. The van der Waals surface area contributed by atoms with E-state index in [-0.39, 0.29) is 0 Å². The van der Waals surface area contributed by atoms with Crippen molar-refractivity contribution in [2.24, 2.45) is 0 Å². The molecule has 2 fully saturated rings. The summed E-state index contributed by atoms with van der Waals surface area (Å²) >= 11 is 5.80. The summed E-state index contributed by atoms with van der Waals surface area (Å²) in [5.41, 5.74) is 1.18. The van der Waals surface area contributed by atoms with Crippen LogP contribution in [0.3, 0.4) is 0 Å². The number of hydrogen-bond donors (Lipinski definition) is 1. The van der Waals surface area contributed by atoms with E-state index in [1.54, 1.807) is 7.11 Å². The highest BCUT2D eigenvalue weighted by molar-refractivity contribution is 7.80. The highest BCUT2D eigenvalue weighted by Gasteiger charge is 2.26. The molecule has 2 aliphatic rings. The Morgan fingerprint density at radius 3 is 2.77 bits per heavy atom. The van der Waals surface area contributed by atoms with Crippen molar-refractivity contribution in [3.8, 4) is 5.75 Å². The van der Waals surface area contributed by atoms with E-state index < -0.39 is 0 Å². The van der Waals surface area contributed by atoms with E-state index in [1.807, 2.05) is 12.1 Å². The topological polar surface area (TPSA) is 37.0 Å². The van der Waals surface area contributed by atoms with Crippen molar-refractivity contribution in [3.05, 3.63) is 29.8 Å². The molecule has 0 aliphatic carbocycles. The maximum absolute atomic E-state index is 5.80. The Morgan fingerprint density at radius 2 is 2.08 bits per heavy atom. The van der Waals surface area contributed by atoms with Crippen LogP contribution in [0.5, 0.6) is 5.75 Å². The lowest BCUT2D eigenvalue weighted by Crippen LogP contribution is -2.50. The lowest BCUT2D eigenvalue weighted by molar-refractivity contribution is 0.112. The smallest absolute Gasteiger partial charge is 0.169 e. The molecule has 0 spiro atoms. The van der Waals surface area contributed by atoms with Gasteiger partial charge in [0.25, 0.3) is 0 Å². The number of nitrogens with zero attached hydrogens (tertiary/aromatic N) is 2. The van der Waals surface area contributed by atoms with Gasteiger partial charge in [0.15, 0.2) is 5.11 Å². The number of piperidine rings is 1. The minimum absolute atomic E-state index is 0.290. The molecule has 3 rings (SSSR count). The second-order valence-electron chi connectivity index (χ2n) is 7.30. The molecule has 2 saturated heterocycles. The minimum Gasteiger partial charge on any atom is -0.496 e. The second kappa shape index (κ2) is 9.53. The standard InChI is InChI=1S/C20H31N3O2S/c1-22-11-9-17(10-12-22)23(15-16-6-3-4-8-19(16)24-2)20(26)21-14-18-7-5-13-25-18/h3-4,6,8,17-18H,5,7,9-15H2,1-2H3,(H,21,26). The number of hydrogen-bond acceptors (Lipinski definition) is 4. The molecule has 0 aromatic heterocycles. The number of ether oxygens (including phenoxy) is 2. The van der Waals surface area contributed by atoms with Crippen molar-refractivity contribution in [2.75, 3.05) is 40.4 Å². The van der Waals surface area contributed by atoms with E-state index >= 15 is 0 Å². The average Bonchev–Trinajstić information content (AvgIpc) is 3.19. The number of thiocarbonyl (C=S) groups is 1. The second-order valence-corrected chi connectivity index (χ2v) is 7.68. The van der Waals surface area contributed by atoms with Crippen LogP contribution in [-0.2, 0) is 11.3 Å². The zero-order valence-electron chi connectivity index (χ0n) is 15.9. The van der Waals surface area contributed by atoms with Gasteiger partial charge in [0.1, 0.15) is 5.75 Å². The van der Waals surface area contributed by atoms with Crippen LogP contribution in [0.1, 0.15) is 31.2 Å². The van der Waals surface area contributed by atoms with E-state index in [0.717, 1.165) is 69.3 Å². The van der Waals surface area contributed by atoms with E-state index in [0.29, 0.717) is 12.1 Å². The Hall–Kier alpha value is -1.37. The lowest BCUT2D eigenvalue weighted by atomic mass is 10.0. The summed E-state index contributed by atoms with van der Waals surface area (Å²) < 4.78 is 11.3. The summed E-state index contributed by atoms with van der Waals surface area (Å²) in [6.07, 6.45) is 4.83. The van der Waals surface area contributed by atoms with Gasteiger partial charge in [-0.25, -0.2) is 0 Å². The van der Waals surface area contributed by atoms with Crippen LogP contribution in [0.4, 0.5) is 0 Å². The summed E-state index contributed by atoms with van der Waals surface area (Å²) in [5.74, 6) is 0.923. The van der Waals surface area contributed by atoms with Crippen LogP contribution in [0.2, 0.25) is 0 Å². The number of para-hydroxylation sites is 1. The molecule has 2 heterocycles. The minimum atomic E-state index is 0.290. The number of likely N-dealkylation sites (tertiary alicyclic amines) is 1. The summed E-state index contributed by atoms with van der Waals surface area (Å²) in [4.78, 5) is 4.75. The van der Waals surface area contributed by atoms with Crippen LogP contribution >= 0.6 is 12.2 Å². The van der Waals surface area contributed by atoms with Crippen LogP contribution < -0.4 is 10.1 Å². The highest BCUT2D eigenvalue weighted by Crippen LogP contribution is 2.24. The van der Waals surface area contributed by atoms with Crippen molar-refractivity contribution in [1.29, 1.82) is 0 Å². The Kier molecular flexibility index (Phi) is 7.11.